The van der Waals surface area contributed by atoms with Crippen molar-refractivity contribution in [1.29, 1.82) is 0 Å². The van der Waals surface area contributed by atoms with Crippen LogP contribution in [0.2, 0.25) is 0 Å². The molecular formula is C16H27NO. The van der Waals surface area contributed by atoms with Crippen molar-refractivity contribution in [1.82, 2.24) is 5.32 Å². The van der Waals surface area contributed by atoms with Crippen LogP contribution in [-0.2, 0) is 0 Å². The highest BCUT2D eigenvalue weighted by Crippen LogP contribution is 2.23. The molecule has 0 bridgehead atoms. The van der Waals surface area contributed by atoms with Crippen LogP contribution in [0.25, 0.3) is 0 Å². The standard InChI is InChI=1S/C16H27NO/c1-6-18-15-9-7-8-14(12-15)13(2)10-11-17-16(3,4)5/h7-9,12-13,17H,6,10-11H2,1-5H3. The van der Waals surface area contributed by atoms with Gasteiger partial charge in [-0.2, -0.15) is 0 Å². The first-order valence-corrected chi connectivity index (χ1v) is 6.90. The molecule has 0 heterocycles. The minimum atomic E-state index is 0.201. The lowest BCUT2D eigenvalue weighted by atomic mass is 9.97. The molecule has 18 heavy (non-hydrogen) atoms. The zero-order chi connectivity index (χ0) is 13.6. The minimum absolute atomic E-state index is 0.201. The Bertz CT molecular complexity index is 354. The van der Waals surface area contributed by atoms with Crippen molar-refractivity contribution in [2.75, 3.05) is 13.2 Å². The molecule has 1 aromatic rings. The van der Waals surface area contributed by atoms with Gasteiger partial charge < -0.3 is 10.1 Å². The molecule has 0 fully saturated rings. The van der Waals surface area contributed by atoms with E-state index < -0.39 is 0 Å². The predicted octanol–water partition coefficient (Wildman–Crippen LogP) is 3.97. The van der Waals surface area contributed by atoms with Crippen LogP contribution in [0.5, 0.6) is 5.75 Å². The van der Waals surface area contributed by atoms with Crippen molar-refractivity contribution in [3.63, 3.8) is 0 Å². The van der Waals surface area contributed by atoms with Crippen molar-refractivity contribution in [2.45, 2.75) is 52.5 Å². The normalized spacial score (nSPS) is 13.4. The van der Waals surface area contributed by atoms with Crippen LogP contribution >= 0.6 is 0 Å². The summed E-state index contributed by atoms with van der Waals surface area (Å²) in [5.74, 6) is 1.53. The molecule has 0 amide bonds. The second kappa shape index (κ2) is 6.79. The monoisotopic (exact) mass is 249 g/mol. The van der Waals surface area contributed by atoms with Crippen molar-refractivity contribution in [2.24, 2.45) is 0 Å². The van der Waals surface area contributed by atoms with Crippen molar-refractivity contribution in [3.8, 4) is 5.75 Å². The largest absolute Gasteiger partial charge is 0.494 e. The molecule has 0 aliphatic rings. The fourth-order valence-electron chi connectivity index (χ4n) is 1.91. The zero-order valence-electron chi connectivity index (χ0n) is 12.4. The molecular weight excluding hydrogens is 222 g/mol. The van der Waals surface area contributed by atoms with Gasteiger partial charge in [0, 0.05) is 5.54 Å². The molecule has 0 saturated carbocycles. The number of ether oxygens (including phenoxy) is 1. The van der Waals surface area contributed by atoms with E-state index in [-0.39, 0.29) is 5.54 Å². The highest BCUT2D eigenvalue weighted by molar-refractivity contribution is 5.30. The first-order chi connectivity index (χ1) is 8.42. The van der Waals surface area contributed by atoms with E-state index in [2.05, 4.69) is 51.2 Å². The SMILES string of the molecule is CCOc1cccc(C(C)CCNC(C)(C)C)c1. The molecule has 0 aliphatic heterocycles. The van der Waals surface area contributed by atoms with Gasteiger partial charge in [-0.25, -0.2) is 0 Å². The van der Waals surface area contributed by atoms with Gasteiger partial charge in [-0.1, -0.05) is 19.1 Å². The fourth-order valence-corrected chi connectivity index (χ4v) is 1.91. The van der Waals surface area contributed by atoms with E-state index in [1.54, 1.807) is 0 Å². The Morgan fingerprint density at radius 2 is 2.00 bits per heavy atom. The van der Waals surface area contributed by atoms with Crippen LogP contribution in [0.1, 0.15) is 52.5 Å². The Labute approximate surface area is 112 Å². The summed E-state index contributed by atoms with van der Waals surface area (Å²) in [6.07, 6.45) is 1.15. The molecule has 2 nitrogen and oxygen atoms in total. The molecule has 0 saturated heterocycles. The van der Waals surface area contributed by atoms with Gasteiger partial charge in [-0.05, 0) is 64.3 Å². The second-order valence-electron chi connectivity index (χ2n) is 5.87. The zero-order valence-corrected chi connectivity index (χ0v) is 12.4. The number of rotatable bonds is 6. The van der Waals surface area contributed by atoms with Crippen molar-refractivity contribution < 1.29 is 4.74 Å². The van der Waals surface area contributed by atoms with Gasteiger partial charge in [-0.3, -0.25) is 0 Å². The summed E-state index contributed by atoms with van der Waals surface area (Å²) >= 11 is 0. The first-order valence-electron chi connectivity index (χ1n) is 6.90. The maximum absolute atomic E-state index is 5.54. The third-order valence-electron chi connectivity index (χ3n) is 2.97. The average Bonchev–Trinajstić information content (AvgIpc) is 2.28. The Kier molecular flexibility index (Phi) is 5.67. The predicted molar refractivity (Wildman–Crippen MR) is 78.4 cm³/mol. The number of hydrogen-bond acceptors (Lipinski definition) is 2. The summed E-state index contributed by atoms with van der Waals surface area (Å²) in [7, 11) is 0. The van der Waals surface area contributed by atoms with Gasteiger partial charge in [0.25, 0.3) is 0 Å². The Morgan fingerprint density at radius 1 is 1.28 bits per heavy atom. The van der Waals surface area contributed by atoms with Crippen LogP contribution in [-0.4, -0.2) is 18.7 Å². The lowest BCUT2D eigenvalue weighted by Gasteiger charge is -2.22. The highest BCUT2D eigenvalue weighted by Gasteiger charge is 2.11. The van der Waals surface area contributed by atoms with Gasteiger partial charge in [0.1, 0.15) is 5.75 Å². The summed E-state index contributed by atoms with van der Waals surface area (Å²) in [4.78, 5) is 0. The molecule has 102 valence electrons. The molecule has 0 aromatic heterocycles. The lowest BCUT2D eigenvalue weighted by molar-refractivity contribution is 0.339. The summed E-state index contributed by atoms with van der Waals surface area (Å²) in [6.45, 7) is 12.7. The van der Waals surface area contributed by atoms with E-state index in [1.807, 2.05) is 13.0 Å². The summed E-state index contributed by atoms with van der Waals surface area (Å²) < 4.78 is 5.54. The van der Waals surface area contributed by atoms with Gasteiger partial charge in [0.05, 0.1) is 6.61 Å². The van der Waals surface area contributed by atoms with Gasteiger partial charge in [0.2, 0.25) is 0 Å². The topological polar surface area (TPSA) is 21.3 Å². The minimum Gasteiger partial charge on any atom is -0.494 e. The van der Waals surface area contributed by atoms with Crippen LogP contribution < -0.4 is 10.1 Å². The molecule has 1 atom stereocenters. The second-order valence-corrected chi connectivity index (χ2v) is 5.87. The smallest absolute Gasteiger partial charge is 0.119 e. The van der Waals surface area contributed by atoms with Crippen LogP contribution in [0.3, 0.4) is 0 Å². The van der Waals surface area contributed by atoms with Crippen LogP contribution in [0, 0.1) is 0 Å². The van der Waals surface area contributed by atoms with E-state index in [4.69, 9.17) is 4.74 Å². The van der Waals surface area contributed by atoms with E-state index >= 15 is 0 Å². The first kappa shape index (κ1) is 15.0. The quantitative estimate of drug-likeness (QED) is 0.823. The van der Waals surface area contributed by atoms with E-state index in [0.29, 0.717) is 5.92 Å². The Hall–Kier alpha value is -1.02. The number of benzene rings is 1. The van der Waals surface area contributed by atoms with Crippen molar-refractivity contribution >= 4 is 0 Å². The van der Waals surface area contributed by atoms with E-state index in [1.165, 1.54) is 5.56 Å². The van der Waals surface area contributed by atoms with Gasteiger partial charge in [-0.15, -0.1) is 0 Å². The van der Waals surface area contributed by atoms with Crippen LogP contribution in [0.4, 0.5) is 0 Å². The highest BCUT2D eigenvalue weighted by atomic mass is 16.5. The molecule has 1 rings (SSSR count). The maximum Gasteiger partial charge on any atom is 0.119 e. The van der Waals surface area contributed by atoms with Gasteiger partial charge in [0.15, 0.2) is 0 Å². The van der Waals surface area contributed by atoms with Crippen LogP contribution in [0.15, 0.2) is 24.3 Å². The molecule has 0 aliphatic carbocycles. The molecule has 1 aromatic carbocycles. The fraction of sp³-hybridized carbons (Fsp3) is 0.625. The third-order valence-corrected chi connectivity index (χ3v) is 2.97. The lowest BCUT2D eigenvalue weighted by Crippen LogP contribution is -2.36. The summed E-state index contributed by atoms with van der Waals surface area (Å²) in [5.41, 5.74) is 1.56. The molecule has 0 spiro atoms. The summed E-state index contributed by atoms with van der Waals surface area (Å²) in [5, 5.41) is 3.53. The van der Waals surface area contributed by atoms with Gasteiger partial charge >= 0.3 is 0 Å². The number of nitrogens with one attached hydrogen (secondary N) is 1. The van der Waals surface area contributed by atoms with E-state index in [9.17, 15) is 0 Å². The third kappa shape index (κ3) is 5.54. The Morgan fingerprint density at radius 3 is 2.61 bits per heavy atom. The van der Waals surface area contributed by atoms with E-state index in [0.717, 1.165) is 25.3 Å². The molecule has 1 N–H and O–H groups in total. The number of hydrogen-bond donors (Lipinski definition) is 1. The molecule has 0 radical (unpaired) electrons. The summed E-state index contributed by atoms with van der Waals surface area (Å²) in [6, 6.07) is 8.44. The molecule has 1 unspecified atom stereocenters. The molecule has 2 heteroatoms. The van der Waals surface area contributed by atoms with Crippen molar-refractivity contribution in [3.05, 3.63) is 29.8 Å². The Balaban J connectivity index is 2.50. The average molecular weight is 249 g/mol. The maximum atomic E-state index is 5.54.